The summed E-state index contributed by atoms with van der Waals surface area (Å²) in [4.78, 5) is 12.6. The van der Waals surface area contributed by atoms with Gasteiger partial charge in [0.05, 0.1) is 6.26 Å². The number of ether oxygens (including phenoxy) is 1. The first-order valence-electron chi connectivity index (χ1n) is 18.0. The molecule has 0 aromatic carbocycles. The number of furan rings is 1. The number of allylic oxidation sites excluding steroid dienone is 1. The molecule has 4 aliphatic carbocycles. The summed E-state index contributed by atoms with van der Waals surface area (Å²) in [5.41, 5.74) is 0.782. The van der Waals surface area contributed by atoms with Crippen molar-refractivity contribution in [2.75, 3.05) is 6.61 Å². The smallest absolute Gasteiger partial charge is 0.305 e. The summed E-state index contributed by atoms with van der Waals surface area (Å²) in [7, 11) is 0. The minimum Gasteiger partial charge on any atom is -0.465 e. The molecule has 1 aromatic rings. The number of carbonyl (C=O) groups excluding carboxylic acids is 1. The molecule has 1 unspecified atom stereocenters. The molecule has 1 N–H and O–H groups in total. The van der Waals surface area contributed by atoms with Gasteiger partial charge in [0.25, 0.3) is 0 Å². The highest BCUT2D eigenvalue weighted by molar-refractivity contribution is 5.69. The zero-order valence-corrected chi connectivity index (χ0v) is 27.0. The first kappa shape index (κ1) is 31.9. The summed E-state index contributed by atoms with van der Waals surface area (Å²) in [6.45, 7) is 4.92. The van der Waals surface area contributed by atoms with Crippen molar-refractivity contribution < 1.29 is 19.1 Å². The minimum atomic E-state index is -0.859. The van der Waals surface area contributed by atoms with Crippen molar-refractivity contribution >= 4 is 12.0 Å². The molecule has 1 aromatic heterocycles. The Morgan fingerprint density at radius 1 is 0.929 bits per heavy atom. The van der Waals surface area contributed by atoms with E-state index in [0.717, 1.165) is 57.1 Å². The van der Waals surface area contributed by atoms with Crippen LogP contribution in [-0.4, -0.2) is 23.3 Å². The van der Waals surface area contributed by atoms with Crippen LogP contribution in [0.2, 0.25) is 0 Å². The molecule has 0 amide bonds. The maximum absolute atomic E-state index is 12.6. The SMILES string of the molecule is CCCCCCCCCCCCCCCCCC(=O)OC[C@]1(O)C[C@@]23CC[C@H]4c5ccoc5C=C[C@]4(C)C2CC[C@H]1C3. The second-order valence-corrected chi connectivity index (χ2v) is 15.1. The summed E-state index contributed by atoms with van der Waals surface area (Å²) in [5, 5.41) is 11.8. The molecule has 236 valence electrons. The molecule has 4 nitrogen and oxygen atoms in total. The van der Waals surface area contributed by atoms with Crippen molar-refractivity contribution in [2.45, 2.75) is 167 Å². The van der Waals surface area contributed by atoms with E-state index in [4.69, 9.17) is 9.15 Å². The summed E-state index contributed by atoms with van der Waals surface area (Å²) < 4.78 is 11.5. The third-order valence-electron chi connectivity index (χ3n) is 12.2. The zero-order valence-electron chi connectivity index (χ0n) is 27.0. The van der Waals surface area contributed by atoms with Crippen molar-refractivity contribution in [1.29, 1.82) is 0 Å². The molecule has 4 heteroatoms. The molecule has 0 radical (unpaired) electrons. The van der Waals surface area contributed by atoms with Crippen LogP contribution >= 0.6 is 0 Å². The maximum atomic E-state index is 12.6. The second kappa shape index (κ2) is 14.5. The third kappa shape index (κ3) is 7.05. The van der Waals surface area contributed by atoms with E-state index in [1.54, 1.807) is 0 Å². The van der Waals surface area contributed by atoms with E-state index in [2.05, 4.69) is 32.1 Å². The lowest BCUT2D eigenvalue weighted by Gasteiger charge is -2.58. The van der Waals surface area contributed by atoms with Crippen LogP contribution in [0.4, 0.5) is 0 Å². The molecule has 2 bridgehead atoms. The van der Waals surface area contributed by atoms with Gasteiger partial charge in [-0.3, -0.25) is 4.79 Å². The summed E-state index contributed by atoms with van der Waals surface area (Å²) in [5.74, 6) is 2.23. The second-order valence-electron chi connectivity index (χ2n) is 15.1. The Kier molecular flexibility index (Phi) is 11.0. The molecule has 4 aliphatic rings. The van der Waals surface area contributed by atoms with Crippen LogP contribution in [0.1, 0.15) is 172 Å². The molecule has 0 saturated heterocycles. The standard InChI is InChI=1S/C38H60O4/c1-3-4-5-6-7-8-9-10-11-12-13-14-15-16-17-18-35(39)42-29-38(40)28-37-25-21-32-31-23-26-41-33(31)22-24-36(32,2)34(37)20-19-30(38)27-37/h22-24,26,30,32,34,40H,3-21,25,27-29H2,1-2H3/t30-,32-,34?,36-,37-,38+/m0/s1. The van der Waals surface area contributed by atoms with Crippen LogP contribution in [0, 0.1) is 22.7 Å². The quantitative estimate of drug-likeness (QED) is 0.139. The van der Waals surface area contributed by atoms with Gasteiger partial charge in [-0.1, -0.05) is 110 Å². The molecular formula is C38H60O4. The number of fused-ring (bicyclic) bond motifs is 5. The van der Waals surface area contributed by atoms with Crippen molar-refractivity contribution in [3.63, 3.8) is 0 Å². The predicted molar refractivity (Wildman–Crippen MR) is 171 cm³/mol. The van der Waals surface area contributed by atoms with Crippen LogP contribution in [0.5, 0.6) is 0 Å². The largest absolute Gasteiger partial charge is 0.465 e. The monoisotopic (exact) mass is 580 g/mol. The summed E-state index contributed by atoms with van der Waals surface area (Å²) in [6, 6.07) is 2.18. The van der Waals surface area contributed by atoms with Crippen molar-refractivity contribution in [3.8, 4) is 0 Å². The predicted octanol–water partition coefficient (Wildman–Crippen LogP) is 10.5. The topological polar surface area (TPSA) is 59.7 Å². The fourth-order valence-electron chi connectivity index (χ4n) is 9.96. The van der Waals surface area contributed by atoms with E-state index in [1.165, 1.54) is 89.0 Å². The van der Waals surface area contributed by atoms with Crippen LogP contribution < -0.4 is 0 Å². The number of rotatable bonds is 18. The molecule has 42 heavy (non-hydrogen) atoms. The van der Waals surface area contributed by atoms with Gasteiger partial charge in [0.2, 0.25) is 0 Å². The van der Waals surface area contributed by atoms with Crippen LogP contribution in [-0.2, 0) is 9.53 Å². The first-order valence-corrected chi connectivity index (χ1v) is 18.0. The number of hydrogen-bond acceptors (Lipinski definition) is 4. The number of carbonyl (C=O) groups is 1. The molecule has 0 aliphatic heterocycles. The average Bonchev–Trinajstić information content (AvgIpc) is 3.54. The molecular weight excluding hydrogens is 520 g/mol. The Balaban J connectivity index is 0.951. The van der Waals surface area contributed by atoms with Gasteiger partial charge in [-0.15, -0.1) is 0 Å². The van der Waals surface area contributed by atoms with E-state index in [9.17, 15) is 9.90 Å². The van der Waals surface area contributed by atoms with Gasteiger partial charge >= 0.3 is 5.97 Å². The Morgan fingerprint density at radius 2 is 1.57 bits per heavy atom. The zero-order chi connectivity index (χ0) is 29.5. The summed E-state index contributed by atoms with van der Waals surface area (Å²) in [6.07, 6.45) is 33.1. The Morgan fingerprint density at radius 3 is 2.24 bits per heavy atom. The highest BCUT2D eigenvalue weighted by atomic mass is 16.5. The lowest BCUT2D eigenvalue weighted by molar-refractivity contribution is -0.154. The van der Waals surface area contributed by atoms with Gasteiger partial charge in [0.15, 0.2) is 0 Å². The highest BCUT2D eigenvalue weighted by Crippen LogP contribution is 2.71. The van der Waals surface area contributed by atoms with Gasteiger partial charge in [-0.05, 0) is 85.7 Å². The Labute approximate surface area is 256 Å². The van der Waals surface area contributed by atoms with Crippen LogP contribution in [0.15, 0.2) is 22.8 Å². The third-order valence-corrected chi connectivity index (χ3v) is 12.2. The van der Waals surface area contributed by atoms with Crippen LogP contribution in [0.3, 0.4) is 0 Å². The van der Waals surface area contributed by atoms with Crippen LogP contribution in [0.25, 0.3) is 6.08 Å². The molecule has 3 saturated carbocycles. The first-order chi connectivity index (χ1) is 20.4. The van der Waals surface area contributed by atoms with E-state index >= 15 is 0 Å². The van der Waals surface area contributed by atoms with Crippen molar-refractivity contribution in [2.24, 2.45) is 22.7 Å². The van der Waals surface area contributed by atoms with E-state index in [0.29, 0.717) is 18.3 Å². The lowest BCUT2D eigenvalue weighted by Crippen LogP contribution is -2.49. The van der Waals surface area contributed by atoms with E-state index in [-0.39, 0.29) is 29.3 Å². The van der Waals surface area contributed by atoms with E-state index in [1.807, 2.05) is 6.26 Å². The fraction of sp³-hybridized carbons (Fsp3) is 0.816. The Bertz CT molecular complexity index is 1030. The van der Waals surface area contributed by atoms with Gasteiger partial charge in [0.1, 0.15) is 18.0 Å². The average molecular weight is 581 g/mol. The maximum Gasteiger partial charge on any atom is 0.305 e. The van der Waals surface area contributed by atoms with E-state index < -0.39 is 5.60 Å². The molecule has 3 fully saturated rings. The van der Waals surface area contributed by atoms with Gasteiger partial charge in [-0.2, -0.15) is 0 Å². The lowest BCUT2D eigenvalue weighted by atomic mass is 9.46. The number of aliphatic hydroxyl groups is 1. The Hall–Kier alpha value is -1.55. The number of esters is 1. The minimum absolute atomic E-state index is 0.107. The normalized spacial score (nSPS) is 32.8. The summed E-state index contributed by atoms with van der Waals surface area (Å²) >= 11 is 0. The fourth-order valence-corrected chi connectivity index (χ4v) is 9.96. The van der Waals surface area contributed by atoms with Gasteiger partial charge in [0, 0.05) is 12.0 Å². The van der Waals surface area contributed by atoms with Gasteiger partial charge < -0.3 is 14.3 Å². The highest BCUT2D eigenvalue weighted by Gasteiger charge is 2.65. The molecule has 5 rings (SSSR count). The van der Waals surface area contributed by atoms with Crippen molar-refractivity contribution in [3.05, 3.63) is 29.7 Å². The van der Waals surface area contributed by atoms with Gasteiger partial charge in [-0.25, -0.2) is 0 Å². The molecule has 6 atom stereocenters. The molecule has 1 heterocycles. The number of hydrogen-bond donors (Lipinski definition) is 1. The van der Waals surface area contributed by atoms with Crippen molar-refractivity contribution in [1.82, 2.24) is 0 Å². The number of unbranched alkanes of at least 4 members (excludes halogenated alkanes) is 14. The molecule has 1 spiro atoms.